The van der Waals surface area contributed by atoms with Gasteiger partial charge >= 0.3 is 0 Å². The largest absolute Gasteiger partial charge is 0.456 e. The topological polar surface area (TPSA) is 25.2 Å². The van der Waals surface area contributed by atoms with Gasteiger partial charge in [0.05, 0.1) is 0 Å². The van der Waals surface area contributed by atoms with Crippen LogP contribution >= 0.6 is 0 Å². The van der Waals surface area contributed by atoms with Crippen molar-refractivity contribution in [3.05, 3.63) is 59.7 Å². The van der Waals surface area contributed by atoms with Gasteiger partial charge < -0.3 is 9.73 Å². The van der Waals surface area contributed by atoms with Gasteiger partial charge in [-0.2, -0.15) is 0 Å². The molecule has 21 heavy (non-hydrogen) atoms. The molecule has 0 saturated heterocycles. The highest BCUT2D eigenvalue weighted by Gasteiger charge is 2.12. The molecular formula is C17H15F2NO. The molecule has 0 atom stereocenters. The molecule has 4 heteroatoms. The van der Waals surface area contributed by atoms with Gasteiger partial charge in [0.2, 0.25) is 0 Å². The zero-order valence-electron chi connectivity index (χ0n) is 11.6. The number of nitrogens with one attached hydrogen (secondary N) is 1. The fourth-order valence-electron chi connectivity index (χ4n) is 2.34. The Morgan fingerprint density at radius 1 is 1.00 bits per heavy atom. The van der Waals surface area contributed by atoms with Crippen molar-refractivity contribution in [1.29, 1.82) is 0 Å². The van der Waals surface area contributed by atoms with Gasteiger partial charge in [0.1, 0.15) is 23.0 Å². The molecule has 0 unspecified atom stereocenters. The van der Waals surface area contributed by atoms with E-state index in [1.54, 1.807) is 18.2 Å². The van der Waals surface area contributed by atoms with Gasteiger partial charge in [-0.1, -0.05) is 13.0 Å². The van der Waals surface area contributed by atoms with Crippen molar-refractivity contribution in [2.24, 2.45) is 0 Å². The predicted octanol–water partition coefficient (Wildman–Crippen LogP) is 4.49. The first kappa shape index (κ1) is 13.8. The van der Waals surface area contributed by atoms with Crippen molar-refractivity contribution in [1.82, 2.24) is 5.32 Å². The molecule has 0 radical (unpaired) electrons. The molecule has 3 rings (SSSR count). The second-order valence-corrected chi connectivity index (χ2v) is 4.87. The van der Waals surface area contributed by atoms with E-state index in [-0.39, 0.29) is 11.6 Å². The summed E-state index contributed by atoms with van der Waals surface area (Å²) in [6.07, 6.45) is 0. The van der Waals surface area contributed by atoms with E-state index in [0.29, 0.717) is 28.8 Å². The third kappa shape index (κ3) is 2.81. The summed E-state index contributed by atoms with van der Waals surface area (Å²) >= 11 is 0. The van der Waals surface area contributed by atoms with E-state index >= 15 is 0 Å². The average Bonchev–Trinajstić information content (AvgIpc) is 2.88. The lowest BCUT2D eigenvalue weighted by molar-refractivity contribution is 0.611. The molecule has 108 valence electrons. The third-order valence-corrected chi connectivity index (χ3v) is 3.38. The second-order valence-electron chi connectivity index (χ2n) is 4.87. The van der Waals surface area contributed by atoms with Crippen LogP contribution in [-0.4, -0.2) is 6.54 Å². The zero-order valence-corrected chi connectivity index (χ0v) is 11.6. The Labute approximate surface area is 121 Å². The van der Waals surface area contributed by atoms with E-state index < -0.39 is 0 Å². The van der Waals surface area contributed by atoms with E-state index in [1.165, 1.54) is 24.3 Å². The maximum Gasteiger partial charge on any atom is 0.135 e. The molecule has 3 aromatic rings. The van der Waals surface area contributed by atoms with Gasteiger partial charge in [-0.3, -0.25) is 0 Å². The van der Waals surface area contributed by atoms with Crippen LogP contribution in [0.2, 0.25) is 0 Å². The maximum absolute atomic E-state index is 13.6. The van der Waals surface area contributed by atoms with Gasteiger partial charge in [0, 0.05) is 17.5 Å². The van der Waals surface area contributed by atoms with Crippen LogP contribution in [0.4, 0.5) is 8.78 Å². The highest BCUT2D eigenvalue weighted by atomic mass is 19.1. The Hall–Kier alpha value is -2.20. The van der Waals surface area contributed by atoms with Crippen molar-refractivity contribution < 1.29 is 13.2 Å². The zero-order chi connectivity index (χ0) is 14.8. The van der Waals surface area contributed by atoms with Crippen molar-refractivity contribution >= 4 is 11.0 Å². The first-order valence-electron chi connectivity index (χ1n) is 6.86. The van der Waals surface area contributed by atoms with Crippen LogP contribution in [0.5, 0.6) is 0 Å². The van der Waals surface area contributed by atoms with Crippen LogP contribution in [0.1, 0.15) is 12.5 Å². The number of rotatable bonds is 4. The summed E-state index contributed by atoms with van der Waals surface area (Å²) in [7, 11) is 0. The molecule has 1 heterocycles. The molecule has 0 fully saturated rings. The normalized spacial score (nSPS) is 11.2. The van der Waals surface area contributed by atoms with Gasteiger partial charge in [-0.15, -0.1) is 0 Å². The van der Waals surface area contributed by atoms with Gasteiger partial charge in [0.15, 0.2) is 0 Å². The van der Waals surface area contributed by atoms with Crippen molar-refractivity contribution in [2.75, 3.05) is 6.54 Å². The summed E-state index contributed by atoms with van der Waals surface area (Å²) in [4.78, 5) is 0. The quantitative estimate of drug-likeness (QED) is 0.765. The lowest BCUT2D eigenvalue weighted by Crippen LogP contribution is -2.12. The number of halogens is 2. The molecule has 2 nitrogen and oxygen atoms in total. The summed E-state index contributed by atoms with van der Waals surface area (Å²) in [6, 6.07) is 10.7. The van der Waals surface area contributed by atoms with E-state index in [0.717, 1.165) is 12.1 Å². The number of hydrogen-bond acceptors (Lipinski definition) is 2. The molecule has 2 aromatic carbocycles. The second kappa shape index (κ2) is 5.66. The Morgan fingerprint density at radius 2 is 1.76 bits per heavy atom. The SMILES string of the molecule is CCNCc1ccc(F)cc1-c1cc2cc(F)ccc2o1. The Balaban J connectivity index is 2.10. The van der Waals surface area contributed by atoms with Crippen molar-refractivity contribution in [3.8, 4) is 11.3 Å². The van der Waals surface area contributed by atoms with Crippen LogP contribution < -0.4 is 5.32 Å². The highest BCUT2D eigenvalue weighted by Crippen LogP contribution is 2.31. The first-order valence-corrected chi connectivity index (χ1v) is 6.86. The molecule has 0 aliphatic heterocycles. The smallest absolute Gasteiger partial charge is 0.135 e. The summed E-state index contributed by atoms with van der Waals surface area (Å²) in [5, 5.41) is 3.88. The molecule has 0 aliphatic carbocycles. The summed E-state index contributed by atoms with van der Waals surface area (Å²) in [5.74, 6) is -0.0955. The molecule has 0 spiro atoms. The Bertz CT molecular complexity index is 780. The highest BCUT2D eigenvalue weighted by molar-refractivity contribution is 5.83. The summed E-state index contributed by atoms with van der Waals surface area (Å²) in [6.45, 7) is 3.45. The minimum Gasteiger partial charge on any atom is -0.456 e. The standard InChI is InChI=1S/C17H15F2NO/c1-2-20-10-11-3-4-14(19)9-15(11)17-8-12-7-13(18)5-6-16(12)21-17/h3-9,20H,2,10H2,1H3. The third-order valence-electron chi connectivity index (χ3n) is 3.38. The molecule has 0 aliphatic rings. The van der Waals surface area contributed by atoms with E-state index in [2.05, 4.69) is 5.32 Å². The molecule has 0 saturated carbocycles. The van der Waals surface area contributed by atoms with Crippen LogP contribution in [0.25, 0.3) is 22.3 Å². The number of benzene rings is 2. The number of furan rings is 1. The van der Waals surface area contributed by atoms with Crippen LogP contribution in [-0.2, 0) is 6.54 Å². The van der Waals surface area contributed by atoms with Crippen molar-refractivity contribution in [2.45, 2.75) is 13.5 Å². The Kier molecular flexibility index (Phi) is 3.71. The predicted molar refractivity (Wildman–Crippen MR) is 78.9 cm³/mol. The fourth-order valence-corrected chi connectivity index (χ4v) is 2.34. The van der Waals surface area contributed by atoms with Crippen LogP contribution in [0.15, 0.2) is 46.9 Å². The van der Waals surface area contributed by atoms with Crippen LogP contribution in [0, 0.1) is 11.6 Å². The maximum atomic E-state index is 13.6. The van der Waals surface area contributed by atoms with Crippen molar-refractivity contribution in [3.63, 3.8) is 0 Å². The minimum atomic E-state index is -0.322. The molecule has 1 aromatic heterocycles. The van der Waals surface area contributed by atoms with Crippen LogP contribution in [0.3, 0.4) is 0 Å². The monoisotopic (exact) mass is 287 g/mol. The molecule has 0 bridgehead atoms. The lowest BCUT2D eigenvalue weighted by atomic mass is 10.0. The van der Waals surface area contributed by atoms with E-state index in [4.69, 9.17) is 4.42 Å². The molecule has 1 N–H and O–H groups in total. The molecular weight excluding hydrogens is 272 g/mol. The Morgan fingerprint density at radius 3 is 2.57 bits per heavy atom. The number of fused-ring (bicyclic) bond motifs is 1. The summed E-state index contributed by atoms with van der Waals surface area (Å²) < 4.78 is 32.5. The minimum absolute atomic E-state index is 0.318. The first-order chi connectivity index (χ1) is 10.2. The average molecular weight is 287 g/mol. The van der Waals surface area contributed by atoms with Gasteiger partial charge in [0.25, 0.3) is 0 Å². The lowest BCUT2D eigenvalue weighted by Gasteiger charge is -2.08. The number of hydrogen-bond donors (Lipinski definition) is 1. The fraction of sp³-hybridized carbons (Fsp3) is 0.176. The van der Waals surface area contributed by atoms with Gasteiger partial charge in [-0.25, -0.2) is 8.78 Å². The van der Waals surface area contributed by atoms with E-state index in [1.807, 2.05) is 6.92 Å². The van der Waals surface area contributed by atoms with E-state index in [9.17, 15) is 8.78 Å². The van der Waals surface area contributed by atoms with Gasteiger partial charge in [-0.05, 0) is 48.5 Å². The summed E-state index contributed by atoms with van der Waals surface area (Å²) in [5.41, 5.74) is 2.22. The molecule has 0 amide bonds.